The molecule has 0 aliphatic carbocycles. The molecule has 0 bridgehead atoms. The van der Waals surface area contributed by atoms with Crippen LogP contribution in [0, 0.1) is 6.92 Å². The smallest absolute Gasteiger partial charge is 0.271 e. The monoisotopic (exact) mass is 251 g/mol. The third-order valence-electron chi connectivity index (χ3n) is 2.83. The molecular formula is C12H17N3OS. The minimum absolute atomic E-state index is 0.0841. The Bertz CT molecular complexity index is 558. The van der Waals surface area contributed by atoms with Crippen molar-refractivity contribution in [2.75, 3.05) is 6.54 Å². The van der Waals surface area contributed by atoms with Gasteiger partial charge in [0.2, 0.25) is 0 Å². The van der Waals surface area contributed by atoms with Gasteiger partial charge < -0.3 is 5.73 Å². The van der Waals surface area contributed by atoms with E-state index in [1.54, 1.807) is 10.9 Å². The van der Waals surface area contributed by atoms with Crippen molar-refractivity contribution >= 4 is 21.6 Å². The molecule has 2 heterocycles. The Morgan fingerprint density at radius 2 is 2.24 bits per heavy atom. The number of hydrogen-bond donors (Lipinski definition) is 1. The summed E-state index contributed by atoms with van der Waals surface area (Å²) in [4.78, 5) is 16.5. The van der Waals surface area contributed by atoms with E-state index >= 15 is 0 Å². The Kier molecular flexibility index (Phi) is 3.91. The molecule has 0 saturated carbocycles. The molecule has 0 atom stereocenters. The van der Waals surface area contributed by atoms with E-state index in [0.717, 1.165) is 48.1 Å². The van der Waals surface area contributed by atoms with Crippen LogP contribution < -0.4 is 11.3 Å². The van der Waals surface area contributed by atoms with Crippen LogP contribution in [0.1, 0.15) is 24.8 Å². The molecule has 2 N–H and O–H groups in total. The van der Waals surface area contributed by atoms with E-state index in [-0.39, 0.29) is 5.56 Å². The second-order valence-electron chi connectivity index (χ2n) is 4.19. The van der Waals surface area contributed by atoms with Crippen LogP contribution in [0.3, 0.4) is 0 Å². The normalized spacial score (nSPS) is 11.2. The van der Waals surface area contributed by atoms with E-state index in [1.807, 2.05) is 12.3 Å². The van der Waals surface area contributed by atoms with Crippen molar-refractivity contribution in [2.45, 2.75) is 32.7 Å². The van der Waals surface area contributed by atoms with Crippen molar-refractivity contribution in [3.05, 3.63) is 27.6 Å². The third kappa shape index (κ3) is 2.56. The maximum absolute atomic E-state index is 12.1. The SMILES string of the molecule is Cc1csc2c(=O)n(CCCCCN)cnc12. The first-order valence-electron chi connectivity index (χ1n) is 5.87. The zero-order valence-corrected chi connectivity index (χ0v) is 10.8. The second-order valence-corrected chi connectivity index (χ2v) is 5.07. The van der Waals surface area contributed by atoms with Crippen molar-refractivity contribution in [3.63, 3.8) is 0 Å². The quantitative estimate of drug-likeness (QED) is 0.826. The highest BCUT2D eigenvalue weighted by Gasteiger charge is 2.07. The number of unbranched alkanes of at least 4 members (excludes halogenated alkanes) is 2. The maximum Gasteiger partial charge on any atom is 0.271 e. The first kappa shape index (κ1) is 12.3. The summed E-state index contributed by atoms with van der Waals surface area (Å²) in [6, 6.07) is 0. The van der Waals surface area contributed by atoms with Crippen molar-refractivity contribution in [3.8, 4) is 0 Å². The van der Waals surface area contributed by atoms with E-state index in [2.05, 4.69) is 4.98 Å². The highest BCUT2D eigenvalue weighted by atomic mass is 32.1. The van der Waals surface area contributed by atoms with E-state index in [4.69, 9.17) is 5.73 Å². The van der Waals surface area contributed by atoms with E-state index in [0.29, 0.717) is 0 Å². The fourth-order valence-electron chi connectivity index (χ4n) is 1.82. The lowest BCUT2D eigenvalue weighted by molar-refractivity contribution is 0.575. The Morgan fingerprint density at radius 3 is 3.00 bits per heavy atom. The van der Waals surface area contributed by atoms with Crippen LogP contribution in [0.2, 0.25) is 0 Å². The summed E-state index contributed by atoms with van der Waals surface area (Å²) in [6.07, 6.45) is 4.72. The number of rotatable bonds is 5. The lowest BCUT2D eigenvalue weighted by Crippen LogP contribution is -2.19. The number of hydrogen-bond acceptors (Lipinski definition) is 4. The molecule has 2 rings (SSSR count). The predicted molar refractivity (Wildman–Crippen MR) is 71.5 cm³/mol. The summed E-state index contributed by atoms with van der Waals surface area (Å²) < 4.78 is 2.47. The van der Waals surface area contributed by atoms with Gasteiger partial charge in [-0.3, -0.25) is 9.36 Å². The number of nitrogens with zero attached hydrogens (tertiary/aromatic N) is 2. The van der Waals surface area contributed by atoms with Gasteiger partial charge in [-0.15, -0.1) is 11.3 Å². The largest absolute Gasteiger partial charge is 0.330 e. The molecule has 2 aromatic rings. The maximum atomic E-state index is 12.1. The molecule has 4 nitrogen and oxygen atoms in total. The molecule has 0 aliphatic heterocycles. The Labute approximate surface area is 104 Å². The number of aromatic nitrogens is 2. The van der Waals surface area contributed by atoms with Crippen LogP contribution >= 0.6 is 11.3 Å². The van der Waals surface area contributed by atoms with Gasteiger partial charge in [0.15, 0.2) is 0 Å². The molecule has 17 heavy (non-hydrogen) atoms. The topological polar surface area (TPSA) is 60.9 Å². The molecule has 0 fully saturated rings. The van der Waals surface area contributed by atoms with Crippen molar-refractivity contribution < 1.29 is 0 Å². The molecular weight excluding hydrogens is 234 g/mol. The van der Waals surface area contributed by atoms with Gasteiger partial charge in [-0.2, -0.15) is 0 Å². The summed E-state index contributed by atoms with van der Waals surface area (Å²) in [7, 11) is 0. The minimum atomic E-state index is 0.0841. The average molecular weight is 251 g/mol. The zero-order valence-electron chi connectivity index (χ0n) is 9.98. The summed E-state index contributed by atoms with van der Waals surface area (Å²) >= 11 is 1.48. The molecule has 0 amide bonds. The van der Waals surface area contributed by atoms with Crippen molar-refractivity contribution in [1.82, 2.24) is 9.55 Å². The average Bonchev–Trinajstić information content (AvgIpc) is 2.70. The summed E-state index contributed by atoms with van der Waals surface area (Å²) in [5.74, 6) is 0. The fourth-order valence-corrected chi connectivity index (χ4v) is 2.77. The zero-order chi connectivity index (χ0) is 12.3. The van der Waals surface area contributed by atoms with Gasteiger partial charge in [0.25, 0.3) is 5.56 Å². The predicted octanol–water partition coefficient (Wildman–Crippen LogP) is 1.90. The number of nitrogens with two attached hydrogens (primary N) is 1. The molecule has 0 spiro atoms. The van der Waals surface area contributed by atoms with Crippen molar-refractivity contribution in [2.24, 2.45) is 5.73 Å². The van der Waals surface area contributed by atoms with E-state index in [9.17, 15) is 4.79 Å². The van der Waals surface area contributed by atoms with Crippen LogP contribution in [-0.2, 0) is 6.54 Å². The first-order chi connectivity index (χ1) is 8.24. The highest BCUT2D eigenvalue weighted by molar-refractivity contribution is 7.17. The van der Waals surface area contributed by atoms with Crippen molar-refractivity contribution in [1.29, 1.82) is 0 Å². The molecule has 0 aliphatic rings. The fraction of sp³-hybridized carbons (Fsp3) is 0.500. The van der Waals surface area contributed by atoms with Gasteiger partial charge in [-0.25, -0.2) is 4.98 Å². The van der Waals surface area contributed by atoms with Gasteiger partial charge in [0.1, 0.15) is 4.70 Å². The van der Waals surface area contributed by atoms with Crippen LogP contribution in [-0.4, -0.2) is 16.1 Å². The van der Waals surface area contributed by atoms with Gasteiger partial charge in [-0.05, 0) is 37.3 Å². The van der Waals surface area contributed by atoms with Gasteiger partial charge in [-0.1, -0.05) is 6.42 Å². The van der Waals surface area contributed by atoms with Crippen LogP contribution in [0.5, 0.6) is 0 Å². The number of fused-ring (bicyclic) bond motifs is 1. The van der Waals surface area contributed by atoms with E-state index < -0.39 is 0 Å². The molecule has 0 saturated heterocycles. The van der Waals surface area contributed by atoms with Gasteiger partial charge in [0.05, 0.1) is 11.8 Å². The third-order valence-corrected chi connectivity index (χ3v) is 3.90. The molecule has 92 valence electrons. The number of aryl methyl sites for hydroxylation is 2. The van der Waals surface area contributed by atoms with Gasteiger partial charge >= 0.3 is 0 Å². The lowest BCUT2D eigenvalue weighted by atomic mass is 10.2. The molecule has 5 heteroatoms. The summed E-state index contributed by atoms with van der Waals surface area (Å²) in [5, 5.41) is 1.98. The van der Waals surface area contributed by atoms with Crippen LogP contribution in [0.4, 0.5) is 0 Å². The summed E-state index contributed by atoms with van der Waals surface area (Å²) in [5.41, 5.74) is 7.45. The van der Waals surface area contributed by atoms with E-state index in [1.165, 1.54) is 11.3 Å². The summed E-state index contributed by atoms with van der Waals surface area (Å²) in [6.45, 7) is 3.44. The first-order valence-corrected chi connectivity index (χ1v) is 6.75. The Hall–Kier alpha value is -1.20. The van der Waals surface area contributed by atoms with Gasteiger partial charge in [0, 0.05) is 6.54 Å². The molecule has 0 unspecified atom stereocenters. The highest BCUT2D eigenvalue weighted by Crippen LogP contribution is 2.19. The van der Waals surface area contributed by atoms with Crippen LogP contribution in [0.15, 0.2) is 16.5 Å². The molecule has 0 radical (unpaired) electrons. The molecule has 0 aromatic carbocycles. The lowest BCUT2D eigenvalue weighted by Gasteiger charge is -2.04. The minimum Gasteiger partial charge on any atom is -0.330 e. The molecule has 2 aromatic heterocycles. The van der Waals surface area contributed by atoms with Crippen LogP contribution in [0.25, 0.3) is 10.2 Å². The Morgan fingerprint density at radius 1 is 1.41 bits per heavy atom. The standard InChI is InChI=1S/C12H17N3OS/c1-9-7-17-11-10(9)14-8-15(12(11)16)6-4-2-3-5-13/h7-8H,2-6,13H2,1H3. The Balaban J connectivity index is 2.18. The number of thiophene rings is 1. The second kappa shape index (κ2) is 5.42.